The molecule has 0 aliphatic heterocycles. The van der Waals surface area contributed by atoms with Gasteiger partial charge in [0.15, 0.2) is 0 Å². The molecule has 1 amide bonds. The summed E-state index contributed by atoms with van der Waals surface area (Å²) < 4.78 is 33.0. The Balaban J connectivity index is 1.66. The highest BCUT2D eigenvalue weighted by atomic mass is 79.9. The minimum atomic E-state index is -2.71. The Kier molecular flexibility index (Phi) is 5.80. The maximum Gasteiger partial charge on any atom is 0.319 e. The molecule has 6 nitrogen and oxygen atoms in total. The van der Waals surface area contributed by atoms with Crippen LogP contribution in [0.25, 0.3) is 0 Å². The minimum absolute atomic E-state index is 0.0483. The number of halogens is 3. The zero-order valence-electron chi connectivity index (χ0n) is 14.2. The van der Waals surface area contributed by atoms with Gasteiger partial charge >= 0.3 is 6.55 Å². The lowest BCUT2D eigenvalue weighted by Gasteiger charge is -2.17. The zero-order valence-corrected chi connectivity index (χ0v) is 15.8. The van der Waals surface area contributed by atoms with E-state index in [0.29, 0.717) is 17.2 Å². The summed E-state index contributed by atoms with van der Waals surface area (Å²) in [4.78, 5) is 21.8. The number of aromatic nitrogens is 3. The highest BCUT2D eigenvalue weighted by molar-refractivity contribution is 9.10. The molecule has 0 aliphatic rings. The normalized spacial score (nSPS) is 10.9. The summed E-state index contributed by atoms with van der Waals surface area (Å²) in [6, 6.07) is 10.4. The molecule has 0 saturated heterocycles. The third kappa shape index (κ3) is 4.68. The third-order valence-electron chi connectivity index (χ3n) is 3.70. The van der Waals surface area contributed by atoms with Crippen molar-refractivity contribution in [2.75, 3.05) is 7.05 Å². The predicted octanol–water partition coefficient (Wildman–Crippen LogP) is 4.50. The van der Waals surface area contributed by atoms with Gasteiger partial charge in [0.25, 0.3) is 5.91 Å². The average molecular weight is 437 g/mol. The first kappa shape index (κ1) is 19.0. The third-order valence-corrected chi connectivity index (χ3v) is 4.23. The molecule has 1 aromatic carbocycles. The summed E-state index contributed by atoms with van der Waals surface area (Å²) in [6.45, 7) is -2.75. The molecular weight excluding hydrogens is 422 g/mol. The fourth-order valence-corrected chi connectivity index (χ4v) is 2.60. The van der Waals surface area contributed by atoms with E-state index in [0.717, 1.165) is 9.04 Å². The van der Waals surface area contributed by atoms with Gasteiger partial charge in [-0.1, -0.05) is 15.9 Å². The van der Waals surface area contributed by atoms with Crippen LogP contribution < -0.4 is 4.74 Å². The molecule has 0 saturated carbocycles. The number of carbonyl (C=O) groups excluding carboxylic acids is 1. The molecule has 0 N–H and O–H groups in total. The van der Waals surface area contributed by atoms with Crippen LogP contribution in [0.2, 0.25) is 0 Å². The standard InChI is InChI=1S/C18H15BrF2N4O2/c1-24(11-15-22-8-9-25(15)18(20)21)17(26)12-2-7-16(23-10-12)27-14-5-3-13(19)4-6-14/h2-10,18H,11H2,1H3. The molecule has 3 rings (SSSR count). The van der Waals surface area contributed by atoms with Crippen LogP contribution in [-0.4, -0.2) is 32.4 Å². The minimum Gasteiger partial charge on any atom is -0.439 e. The second kappa shape index (κ2) is 8.26. The van der Waals surface area contributed by atoms with Gasteiger partial charge in [-0.15, -0.1) is 0 Å². The van der Waals surface area contributed by atoms with Gasteiger partial charge in [0.05, 0.1) is 12.1 Å². The molecule has 3 aromatic rings. The van der Waals surface area contributed by atoms with Crippen LogP contribution in [0.1, 0.15) is 22.7 Å². The zero-order chi connectivity index (χ0) is 19.4. The summed E-state index contributed by atoms with van der Waals surface area (Å²) in [6.07, 6.45) is 3.83. The largest absolute Gasteiger partial charge is 0.439 e. The molecule has 0 aliphatic carbocycles. The first-order valence-corrected chi connectivity index (χ1v) is 8.68. The topological polar surface area (TPSA) is 60.2 Å². The summed E-state index contributed by atoms with van der Waals surface area (Å²) in [5.74, 6) is 0.691. The maximum absolute atomic E-state index is 12.9. The van der Waals surface area contributed by atoms with Gasteiger partial charge in [-0.05, 0) is 30.3 Å². The van der Waals surface area contributed by atoms with Gasteiger partial charge in [0.2, 0.25) is 5.88 Å². The van der Waals surface area contributed by atoms with Crippen LogP contribution in [0.4, 0.5) is 8.78 Å². The van der Waals surface area contributed by atoms with Gasteiger partial charge in [-0.2, -0.15) is 8.78 Å². The predicted molar refractivity (Wildman–Crippen MR) is 97.7 cm³/mol. The van der Waals surface area contributed by atoms with E-state index in [4.69, 9.17) is 4.74 Å². The van der Waals surface area contributed by atoms with Crippen molar-refractivity contribution in [2.45, 2.75) is 13.1 Å². The molecule has 9 heteroatoms. The molecule has 0 spiro atoms. The van der Waals surface area contributed by atoms with Gasteiger partial charge in [-0.3, -0.25) is 9.36 Å². The lowest BCUT2D eigenvalue weighted by Crippen LogP contribution is -2.28. The molecule has 0 fully saturated rings. The van der Waals surface area contributed by atoms with Crippen LogP contribution >= 0.6 is 15.9 Å². The van der Waals surface area contributed by atoms with E-state index in [2.05, 4.69) is 25.9 Å². The van der Waals surface area contributed by atoms with Crippen LogP contribution in [0, 0.1) is 0 Å². The Morgan fingerprint density at radius 2 is 1.96 bits per heavy atom. The quantitative estimate of drug-likeness (QED) is 0.570. The Labute approximate surface area is 162 Å². The van der Waals surface area contributed by atoms with Crippen molar-refractivity contribution < 1.29 is 18.3 Å². The van der Waals surface area contributed by atoms with Crippen molar-refractivity contribution >= 4 is 21.8 Å². The Morgan fingerprint density at radius 1 is 1.22 bits per heavy atom. The molecule has 0 bridgehead atoms. The number of hydrogen-bond donors (Lipinski definition) is 0. The number of imidazole rings is 1. The molecule has 2 heterocycles. The number of nitrogens with zero attached hydrogens (tertiary/aromatic N) is 4. The molecule has 2 aromatic heterocycles. The van der Waals surface area contributed by atoms with Crippen molar-refractivity contribution in [3.05, 3.63) is 70.8 Å². The van der Waals surface area contributed by atoms with Gasteiger partial charge in [0.1, 0.15) is 11.6 Å². The van der Waals surface area contributed by atoms with E-state index in [9.17, 15) is 13.6 Å². The van der Waals surface area contributed by atoms with Gasteiger partial charge < -0.3 is 9.64 Å². The van der Waals surface area contributed by atoms with Crippen molar-refractivity contribution in [1.29, 1.82) is 0 Å². The number of hydrogen-bond acceptors (Lipinski definition) is 4. The monoisotopic (exact) mass is 436 g/mol. The summed E-state index contributed by atoms with van der Waals surface area (Å²) >= 11 is 3.34. The number of pyridine rings is 1. The number of carbonyl (C=O) groups is 1. The Bertz CT molecular complexity index is 914. The van der Waals surface area contributed by atoms with E-state index < -0.39 is 6.55 Å². The lowest BCUT2D eigenvalue weighted by atomic mass is 10.2. The smallest absolute Gasteiger partial charge is 0.319 e. The van der Waals surface area contributed by atoms with Gasteiger partial charge in [-0.25, -0.2) is 9.97 Å². The fraction of sp³-hybridized carbons (Fsp3) is 0.167. The molecular formula is C18H15BrF2N4O2. The lowest BCUT2D eigenvalue weighted by molar-refractivity contribution is 0.0612. The van der Waals surface area contributed by atoms with Crippen LogP contribution in [0.5, 0.6) is 11.6 Å². The van der Waals surface area contributed by atoms with E-state index in [1.165, 1.54) is 30.5 Å². The van der Waals surface area contributed by atoms with E-state index in [-0.39, 0.29) is 18.3 Å². The van der Waals surface area contributed by atoms with Crippen molar-refractivity contribution in [1.82, 2.24) is 19.4 Å². The number of benzene rings is 1. The molecule has 0 radical (unpaired) electrons. The van der Waals surface area contributed by atoms with E-state index in [1.54, 1.807) is 24.3 Å². The number of alkyl halides is 2. The van der Waals surface area contributed by atoms with E-state index in [1.807, 2.05) is 12.1 Å². The molecule has 140 valence electrons. The first-order chi connectivity index (χ1) is 12.9. The summed E-state index contributed by atoms with van der Waals surface area (Å²) in [5.41, 5.74) is 0.316. The maximum atomic E-state index is 12.9. The van der Waals surface area contributed by atoms with Crippen LogP contribution in [-0.2, 0) is 6.54 Å². The molecule has 0 atom stereocenters. The number of ether oxygens (including phenoxy) is 1. The number of amides is 1. The molecule has 0 unspecified atom stereocenters. The number of rotatable bonds is 6. The summed E-state index contributed by atoms with van der Waals surface area (Å²) in [5, 5.41) is 0. The Morgan fingerprint density at radius 3 is 2.59 bits per heavy atom. The van der Waals surface area contributed by atoms with Crippen molar-refractivity contribution in [3.63, 3.8) is 0 Å². The highest BCUT2D eigenvalue weighted by Gasteiger charge is 2.17. The van der Waals surface area contributed by atoms with Crippen molar-refractivity contribution in [3.8, 4) is 11.6 Å². The Hall–Kier alpha value is -2.81. The fourth-order valence-electron chi connectivity index (χ4n) is 2.34. The van der Waals surface area contributed by atoms with E-state index >= 15 is 0 Å². The highest BCUT2D eigenvalue weighted by Crippen LogP contribution is 2.22. The molecule has 27 heavy (non-hydrogen) atoms. The van der Waals surface area contributed by atoms with Crippen LogP contribution in [0.3, 0.4) is 0 Å². The SMILES string of the molecule is CN(Cc1nccn1C(F)F)C(=O)c1ccc(Oc2ccc(Br)cc2)nc1. The first-order valence-electron chi connectivity index (χ1n) is 7.89. The second-order valence-electron chi connectivity index (χ2n) is 5.63. The average Bonchev–Trinajstić information content (AvgIpc) is 3.12. The van der Waals surface area contributed by atoms with Crippen LogP contribution in [0.15, 0.2) is 59.5 Å². The van der Waals surface area contributed by atoms with Crippen molar-refractivity contribution in [2.24, 2.45) is 0 Å². The second-order valence-corrected chi connectivity index (χ2v) is 6.55. The summed E-state index contributed by atoms with van der Waals surface area (Å²) in [7, 11) is 1.51. The van der Waals surface area contributed by atoms with Gasteiger partial charge in [0, 0.05) is 36.2 Å².